The van der Waals surface area contributed by atoms with Crippen LogP contribution < -0.4 is 5.32 Å². The molecule has 0 spiro atoms. The van der Waals surface area contributed by atoms with Gasteiger partial charge in [0, 0.05) is 17.0 Å². The normalized spacial score (nSPS) is 13.3. The number of methoxy groups -OCH3 is 1. The smallest absolute Gasteiger partial charge is 0.410 e. The Kier molecular flexibility index (Phi) is 7.19. The molecule has 2 amide bonds. The molecule has 0 radical (unpaired) electrons. The van der Waals surface area contributed by atoms with Crippen LogP contribution in [0.25, 0.3) is 0 Å². The zero-order valence-corrected chi connectivity index (χ0v) is 19.6. The van der Waals surface area contributed by atoms with Crippen molar-refractivity contribution in [1.82, 2.24) is 4.90 Å². The number of hydrogen-bond donors (Lipinski definition) is 1. The lowest BCUT2D eigenvalue weighted by molar-refractivity contribution is 0.0600. The summed E-state index contributed by atoms with van der Waals surface area (Å²) in [5.74, 6) is -1.23. The Morgan fingerprint density at radius 1 is 1.22 bits per heavy atom. The van der Waals surface area contributed by atoms with Gasteiger partial charge in [0.15, 0.2) is 9.84 Å². The fraction of sp³-hybridized carbons (Fsp3) is 0.381. The lowest BCUT2D eigenvalue weighted by Gasteiger charge is -2.26. The third-order valence-electron chi connectivity index (χ3n) is 5.03. The Morgan fingerprint density at radius 3 is 2.62 bits per heavy atom. The molecule has 1 aromatic carbocycles. The first-order chi connectivity index (χ1) is 15.2. The second kappa shape index (κ2) is 9.70. The van der Waals surface area contributed by atoms with Crippen molar-refractivity contribution in [2.75, 3.05) is 31.3 Å². The zero-order chi connectivity index (χ0) is 23.5. The fourth-order valence-corrected chi connectivity index (χ4v) is 5.53. The number of carbonyl (C=O) groups excluding carboxylic acids is 3. The van der Waals surface area contributed by atoms with Gasteiger partial charge < -0.3 is 19.7 Å². The summed E-state index contributed by atoms with van der Waals surface area (Å²) in [6.45, 7) is 4.14. The van der Waals surface area contributed by atoms with E-state index in [9.17, 15) is 22.8 Å². The number of benzene rings is 1. The molecule has 9 nitrogen and oxygen atoms in total. The lowest BCUT2D eigenvalue weighted by Crippen LogP contribution is -2.36. The Balaban J connectivity index is 1.92. The zero-order valence-electron chi connectivity index (χ0n) is 18.0. The van der Waals surface area contributed by atoms with Crippen molar-refractivity contribution >= 4 is 44.1 Å². The molecule has 1 aliphatic rings. The van der Waals surface area contributed by atoms with E-state index in [2.05, 4.69) is 5.32 Å². The summed E-state index contributed by atoms with van der Waals surface area (Å²) in [6, 6.07) is 5.73. The van der Waals surface area contributed by atoms with Gasteiger partial charge in [-0.25, -0.2) is 18.0 Å². The number of fused-ring (bicyclic) bond motifs is 1. The van der Waals surface area contributed by atoms with E-state index in [1.807, 2.05) is 0 Å². The van der Waals surface area contributed by atoms with Gasteiger partial charge in [0.1, 0.15) is 5.00 Å². The number of hydrogen-bond acceptors (Lipinski definition) is 8. The van der Waals surface area contributed by atoms with Crippen molar-refractivity contribution in [1.29, 1.82) is 0 Å². The molecule has 2 aromatic rings. The molecule has 0 bridgehead atoms. The molecule has 0 unspecified atom stereocenters. The highest BCUT2D eigenvalue weighted by Gasteiger charge is 2.31. The van der Waals surface area contributed by atoms with Crippen molar-refractivity contribution in [2.24, 2.45) is 0 Å². The van der Waals surface area contributed by atoms with Gasteiger partial charge in [-0.2, -0.15) is 0 Å². The van der Waals surface area contributed by atoms with E-state index in [1.54, 1.807) is 6.92 Å². The van der Waals surface area contributed by atoms with E-state index < -0.39 is 27.8 Å². The van der Waals surface area contributed by atoms with E-state index in [4.69, 9.17) is 9.47 Å². The van der Waals surface area contributed by atoms with Crippen LogP contribution in [0.5, 0.6) is 0 Å². The number of sulfone groups is 1. The molecule has 3 rings (SSSR count). The average Bonchev–Trinajstić information content (AvgIpc) is 3.15. The molecule has 1 aliphatic heterocycles. The number of thiophene rings is 1. The van der Waals surface area contributed by atoms with Gasteiger partial charge >= 0.3 is 12.1 Å². The predicted octanol–water partition coefficient (Wildman–Crippen LogP) is 3.10. The minimum atomic E-state index is -3.47. The Hall–Kier alpha value is -2.92. The van der Waals surface area contributed by atoms with Crippen LogP contribution in [-0.4, -0.2) is 57.3 Å². The maximum atomic E-state index is 12.9. The Labute approximate surface area is 190 Å². The maximum absolute atomic E-state index is 12.9. The molecule has 1 aromatic heterocycles. The molecule has 0 atom stereocenters. The van der Waals surface area contributed by atoms with Crippen LogP contribution >= 0.6 is 11.3 Å². The molecular formula is C21H24N2O7S2. The SMILES string of the molecule is CCOC(=O)N1CCc2c(sc(NC(=O)c3cccc(S(=O)(=O)CC)c3)c2C(=O)OC)C1. The molecule has 172 valence electrons. The molecule has 0 saturated heterocycles. The largest absolute Gasteiger partial charge is 0.465 e. The predicted molar refractivity (Wildman–Crippen MR) is 119 cm³/mol. The van der Waals surface area contributed by atoms with Crippen molar-refractivity contribution in [3.63, 3.8) is 0 Å². The number of carbonyl (C=O) groups is 3. The summed E-state index contributed by atoms with van der Waals surface area (Å²) in [4.78, 5) is 39.8. The first-order valence-corrected chi connectivity index (χ1v) is 12.5. The van der Waals surface area contributed by atoms with Crippen molar-refractivity contribution in [3.05, 3.63) is 45.8 Å². The quantitative estimate of drug-likeness (QED) is 0.631. The van der Waals surface area contributed by atoms with Gasteiger partial charge in [-0.05, 0) is 37.1 Å². The highest BCUT2D eigenvalue weighted by molar-refractivity contribution is 7.91. The fourth-order valence-electron chi connectivity index (χ4n) is 3.35. The summed E-state index contributed by atoms with van der Waals surface area (Å²) in [5.41, 5.74) is 1.12. The third kappa shape index (κ3) is 4.78. The highest BCUT2D eigenvalue weighted by Crippen LogP contribution is 2.38. The molecular weight excluding hydrogens is 456 g/mol. The number of nitrogens with zero attached hydrogens (tertiary/aromatic N) is 1. The topological polar surface area (TPSA) is 119 Å². The van der Waals surface area contributed by atoms with Gasteiger partial charge in [-0.15, -0.1) is 11.3 Å². The van der Waals surface area contributed by atoms with Crippen LogP contribution in [0.4, 0.5) is 9.80 Å². The highest BCUT2D eigenvalue weighted by atomic mass is 32.2. The van der Waals surface area contributed by atoms with Gasteiger partial charge in [0.2, 0.25) is 0 Å². The number of anilines is 1. The van der Waals surface area contributed by atoms with Crippen LogP contribution in [0.2, 0.25) is 0 Å². The molecule has 0 saturated carbocycles. The first kappa shape index (κ1) is 23.7. The van der Waals surface area contributed by atoms with Crippen molar-refractivity contribution in [2.45, 2.75) is 31.7 Å². The summed E-state index contributed by atoms with van der Waals surface area (Å²) < 4.78 is 34.3. The van der Waals surface area contributed by atoms with Gasteiger partial charge in [-0.1, -0.05) is 13.0 Å². The van der Waals surface area contributed by atoms with Crippen LogP contribution in [0.3, 0.4) is 0 Å². The average molecular weight is 481 g/mol. The summed E-state index contributed by atoms with van der Waals surface area (Å²) in [6.07, 6.45) is -0.0273. The summed E-state index contributed by atoms with van der Waals surface area (Å²) in [5, 5.41) is 3.01. The lowest BCUT2D eigenvalue weighted by atomic mass is 10.0. The minimum absolute atomic E-state index is 0.0522. The monoisotopic (exact) mass is 480 g/mol. The van der Waals surface area contributed by atoms with Gasteiger partial charge in [0.25, 0.3) is 5.91 Å². The van der Waals surface area contributed by atoms with Gasteiger partial charge in [0.05, 0.1) is 36.5 Å². The number of rotatable bonds is 6. The number of ether oxygens (including phenoxy) is 2. The Morgan fingerprint density at radius 2 is 1.97 bits per heavy atom. The molecule has 1 N–H and O–H groups in total. The van der Waals surface area contributed by atoms with E-state index in [-0.39, 0.29) is 34.9 Å². The maximum Gasteiger partial charge on any atom is 0.410 e. The molecule has 11 heteroatoms. The Bertz CT molecular complexity index is 1150. The minimum Gasteiger partial charge on any atom is -0.465 e. The van der Waals surface area contributed by atoms with E-state index in [0.29, 0.717) is 18.0 Å². The van der Waals surface area contributed by atoms with E-state index >= 15 is 0 Å². The van der Waals surface area contributed by atoms with Gasteiger partial charge in [-0.3, -0.25) is 4.79 Å². The van der Waals surface area contributed by atoms with E-state index in [0.717, 1.165) is 10.4 Å². The van der Waals surface area contributed by atoms with Crippen LogP contribution in [0.15, 0.2) is 29.2 Å². The molecule has 0 fully saturated rings. The molecule has 2 heterocycles. The second-order valence-corrected chi connectivity index (χ2v) is 10.3. The van der Waals surface area contributed by atoms with Crippen LogP contribution in [0, 0.1) is 0 Å². The standard InChI is InChI=1S/C21H24N2O7S2/c1-4-30-21(26)23-10-9-15-16(12-23)31-19(17(15)20(25)29-3)22-18(24)13-7-6-8-14(11-13)32(27,28)5-2/h6-8,11H,4-5,9-10,12H2,1-3H3,(H,22,24). The van der Waals surface area contributed by atoms with Crippen molar-refractivity contribution < 1.29 is 32.3 Å². The third-order valence-corrected chi connectivity index (χ3v) is 7.90. The first-order valence-electron chi connectivity index (χ1n) is 10.0. The summed E-state index contributed by atoms with van der Waals surface area (Å²) in [7, 11) is -2.22. The molecule has 32 heavy (non-hydrogen) atoms. The van der Waals surface area contributed by atoms with Crippen molar-refractivity contribution in [3.8, 4) is 0 Å². The number of nitrogens with one attached hydrogen (secondary N) is 1. The van der Waals surface area contributed by atoms with Crippen LogP contribution in [-0.2, 0) is 32.3 Å². The number of amides is 2. The summed E-state index contributed by atoms with van der Waals surface area (Å²) >= 11 is 1.18. The number of esters is 1. The van der Waals surface area contributed by atoms with E-state index in [1.165, 1.54) is 54.5 Å². The van der Waals surface area contributed by atoms with Crippen LogP contribution in [0.1, 0.15) is 45.0 Å². The molecule has 0 aliphatic carbocycles. The second-order valence-electron chi connectivity index (χ2n) is 6.96.